The van der Waals surface area contributed by atoms with Gasteiger partial charge in [0.05, 0.1) is 0 Å². The molecule has 0 saturated heterocycles. The van der Waals surface area contributed by atoms with Crippen LogP contribution in [0.4, 0.5) is 0 Å². The fourth-order valence-corrected chi connectivity index (χ4v) is 1.69. The Morgan fingerprint density at radius 2 is 1.75 bits per heavy atom. The van der Waals surface area contributed by atoms with Gasteiger partial charge in [-0.05, 0) is 30.6 Å². The number of rotatable bonds is 5. The van der Waals surface area contributed by atoms with Crippen LogP contribution in [0.2, 0.25) is 0 Å². The largest absolute Gasteiger partial charge is 0.0654 e. The Balaban J connectivity index is 3.88. The van der Waals surface area contributed by atoms with Crippen molar-refractivity contribution in [3.8, 4) is 0 Å². The highest BCUT2D eigenvalue weighted by molar-refractivity contribution is 4.78. The van der Waals surface area contributed by atoms with Crippen LogP contribution in [0, 0.1) is 24.2 Å². The van der Waals surface area contributed by atoms with Gasteiger partial charge in [-0.25, -0.2) is 0 Å². The van der Waals surface area contributed by atoms with Crippen molar-refractivity contribution < 1.29 is 0 Å². The molecule has 0 nitrogen and oxygen atoms in total. The van der Waals surface area contributed by atoms with Crippen LogP contribution in [0.3, 0.4) is 0 Å². The summed E-state index contributed by atoms with van der Waals surface area (Å²) in [6, 6.07) is 0. The van der Waals surface area contributed by atoms with Gasteiger partial charge in [-0.3, -0.25) is 0 Å². The third kappa shape index (κ3) is 4.13. The quantitative estimate of drug-likeness (QED) is 0.575. The maximum Gasteiger partial charge on any atom is -0.0326 e. The Morgan fingerprint density at radius 1 is 1.25 bits per heavy atom. The van der Waals surface area contributed by atoms with Gasteiger partial charge in [0, 0.05) is 0 Å². The van der Waals surface area contributed by atoms with Crippen LogP contribution in [0.15, 0.2) is 0 Å². The van der Waals surface area contributed by atoms with Crippen molar-refractivity contribution in [1.82, 2.24) is 0 Å². The van der Waals surface area contributed by atoms with E-state index in [4.69, 9.17) is 0 Å². The van der Waals surface area contributed by atoms with Crippen molar-refractivity contribution in [3.05, 3.63) is 6.92 Å². The monoisotopic (exact) mass is 169 g/mol. The topological polar surface area (TPSA) is 0 Å². The lowest BCUT2D eigenvalue weighted by Crippen LogP contribution is -2.22. The lowest BCUT2D eigenvalue weighted by molar-refractivity contribution is 0.206. The van der Waals surface area contributed by atoms with Crippen LogP contribution < -0.4 is 0 Å². The zero-order chi connectivity index (χ0) is 9.78. The highest BCUT2D eigenvalue weighted by atomic mass is 14.3. The minimum atomic E-state index is 0.411. The van der Waals surface area contributed by atoms with Gasteiger partial charge in [-0.2, -0.15) is 0 Å². The van der Waals surface area contributed by atoms with Crippen molar-refractivity contribution >= 4 is 0 Å². The van der Waals surface area contributed by atoms with Gasteiger partial charge in [0.15, 0.2) is 0 Å². The van der Waals surface area contributed by atoms with Crippen molar-refractivity contribution in [3.63, 3.8) is 0 Å². The Morgan fingerprint density at radius 3 is 2.08 bits per heavy atom. The van der Waals surface area contributed by atoms with Crippen LogP contribution in [0.25, 0.3) is 0 Å². The van der Waals surface area contributed by atoms with Crippen LogP contribution in [-0.2, 0) is 0 Å². The van der Waals surface area contributed by atoms with Crippen molar-refractivity contribution in [1.29, 1.82) is 0 Å². The number of hydrogen-bond acceptors (Lipinski definition) is 0. The predicted octanol–water partition coefficient (Wildman–Crippen LogP) is 4.31. The molecule has 1 radical (unpaired) electrons. The van der Waals surface area contributed by atoms with Gasteiger partial charge in [0.25, 0.3) is 0 Å². The van der Waals surface area contributed by atoms with Crippen molar-refractivity contribution in [2.45, 2.75) is 53.9 Å². The van der Waals surface area contributed by atoms with E-state index in [1.807, 2.05) is 0 Å². The molecule has 0 rings (SSSR count). The molecule has 0 bridgehead atoms. The first-order valence-corrected chi connectivity index (χ1v) is 5.23. The summed E-state index contributed by atoms with van der Waals surface area (Å²) in [5.74, 6) is 1.41. The van der Waals surface area contributed by atoms with E-state index in [1.54, 1.807) is 0 Å². The standard InChI is InChI=1S/C12H25/c1-7-8-11(4)9-12(5,6)10(2)3/h10-11H,2,7-9H2,1,3-6H3. The van der Waals surface area contributed by atoms with Gasteiger partial charge in [0.2, 0.25) is 0 Å². The minimum Gasteiger partial charge on any atom is -0.0654 e. The van der Waals surface area contributed by atoms with E-state index in [1.165, 1.54) is 19.3 Å². The smallest absolute Gasteiger partial charge is 0.0326 e. The van der Waals surface area contributed by atoms with Crippen molar-refractivity contribution in [2.75, 3.05) is 0 Å². The average molecular weight is 169 g/mol. The predicted molar refractivity (Wildman–Crippen MR) is 57.0 cm³/mol. The molecule has 73 valence electrons. The first-order chi connectivity index (χ1) is 5.40. The molecule has 0 heterocycles. The van der Waals surface area contributed by atoms with E-state index >= 15 is 0 Å². The van der Waals surface area contributed by atoms with Gasteiger partial charge < -0.3 is 0 Å². The molecule has 0 saturated carbocycles. The second-order valence-electron chi connectivity index (χ2n) is 4.99. The Labute approximate surface area is 78.8 Å². The van der Waals surface area contributed by atoms with E-state index in [9.17, 15) is 0 Å². The molecule has 2 atom stereocenters. The van der Waals surface area contributed by atoms with Gasteiger partial charge in [-0.15, -0.1) is 0 Å². The molecule has 0 heteroatoms. The number of hydrogen-bond donors (Lipinski definition) is 0. The first-order valence-electron chi connectivity index (χ1n) is 5.23. The molecular weight excluding hydrogens is 144 g/mol. The molecule has 12 heavy (non-hydrogen) atoms. The fraction of sp³-hybridized carbons (Fsp3) is 0.917. The van der Waals surface area contributed by atoms with Gasteiger partial charge in [0.1, 0.15) is 0 Å². The van der Waals surface area contributed by atoms with E-state index in [-0.39, 0.29) is 0 Å². The first kappa shape index (κ1) is 12.0. The molecule has 0 aromatic rings. The Kier molecular flexibility index (Phi) is 4.89. The summed E-state index contributed by atoms with van der Waals surface area (Å²) in [6.45, 7) is 15.6. The zero-order valence-corrected chi connectivity index (χ0v) is 9.48. The summed E-state index contributed by atoms with van der Waals surface area (Å²) in [4.78, 5) is 0. The maximum atomic E-state index is 4.12. The highest BCUT2D eigenvalue weighted by Crippen LogP contribution is 2.34. The molecule has 0 fully saturated rings. The highest BCUT2D eigenvalue weighted by Gasteiger charge is 2.24. The summed E-state index contributed by atoms with van der Waals surface area (Å²) < 4.78 is 0. The molecule has 0 amide bonds. The summed E-state index contributed by atoms with van der Waals surface area (Å²) in [5.41, 5.74) is 0.411. The minimum absolute atomic E-state index is 0.411. The third-order valence-electron chi connectivity index (χ3n) is 2.99. The van der Waals surface area contributed by atoms with E-state index in [2.05, 4.69) is 41.5 Å². The SMILES string of the molecule is [CH2]C(C)C(C)(C)CC(C)CCC. The summed E-state index contributed by atoms with van der Waals surface area (Å²) in [7, 11) is 0. The molecule has 0 spiro atoms. The van der Waals surface area contributed by atoms with E-state index in [0.717, 1.165) is 5.92 Å². The molecule has 0 aromatic carbocycles. The molecule has 0 aliphatic heterocycles. The fourth-order valence-electron chi connectivity index (χ4n) is 1.69. The summed E-state index contributed by atoms with van der Waals surface area (Å²) in [5, 5.41) is 0. The Hall–Kier alpha value is 0. The summed E-state index contributed by atoms with van der Waals surface area (Å²) >= 11 is 0. The van der Waals surface area contributed by atoms with Crippen LogP contribution >= 0.6 is 0 Å². The van der Waals surface area contributed by atoms with Crippen LogP contribution in [0.5, 0.6) is 0 Å². The second kappa shape index (κ2) is 4.89. The van der Waals surface area contributed by atoms with E-state index < -0.39 is 0 Å². The van der Waals surface area contributed by atoms with Gasteiger partial charge in [-0.1, -0.05) is 47.5 Å². The second-order valence-corrected chi connectivity index (χ2v) is 4.99. The molecule has 0 aliphatic rings. The average Bonchev–Trinajstić information content (AvgIpc) is 1.85. The third-order valence-corrected chi connectivity index (χ3v) is 2.99. The van der Waals surface area contributed by atoms with Gasteiger partial charge >= 0.3 is 0 Å². The van der Waals surface area contributed by atoms with Crippen molar-refractivity contribution in [2.24, 2.45) is 17.3 Å². The Bertz CT molecular complexity index is 111. The van der Waals surface area contributed by atoms with Crippen LogP contribution in [0.1, 0.15) is 53.9 Å². The summed E-state index contributed by atoms with van der Waals surface area (Å²) in [6.07, 6.45) is 3.98. The van der Waals surface area contributed by atoms with E-state index in [0.29, 0.717) is 11.3 Å². The lowest BCUT2D eigenvalue weighted by Gasteiger charge is -2.32. The lowest BCUT2D eigenvalue weighted by atomic mass is 9.74. The maximum absolute atomic E-state index is 4.12. The molecule has 2 unspecified atom stereocenters. The van der Waals surface area contributed by atoms with Crippen LogP contribution in [-0.4, -0.2) is 0 Å². The normalized spacial score (nSPS) is 15.2. The molecule has 0 aliphatic carbocycles. The molecule has 0 N–H and O–H groups in total. The molecular formula is C12H25. The molecule has 0 aromatic heterocycles. The zero-order valence-electron chi connectivity index (χ0n) is 9.48.